The highest BCUT2D eigenvalue weighted by Crippen LogP contribution is 2.37. The predicted molar refractivity (Wildman–Crippen MR) is 67.6 cm³/mol. The fourth-order valence-corrected chi connectivity index (χ4v) is 2.90. The van der Waals surface area contributed by atoms with E-state index >= 15 is 0 Å². The minimum absolute atomic E-state index is 0.313. The molecule has 0 spiro atoms. The van der Waals surface area contributed by atoms with E-state index in [0.717, 1.165) is 25.7 Å². The van der Waals surface area contributed by atoms with E-state index in [1.807, 2.05) is 11.9 Å². The Morgan fingerprint density at radius 1 is 1.24 bits per heavy atom. The van der Waals surface area contributed by atoms with Crippen LogP contribution in [-0.4, -0.2) is 17.9 Å². The molecule has 1 aromatic carbocycles. The van der Waals surface area contributed by atoms with E-state index in [-0.39, 0.29) is 0 Å². The van der Waals surface area contributed by atoms with Crippen molar-refractivity contribution in [3.63, 3.8) is 0 Å². The van der Waals surface area contributed by atoms with Gasteiger partial charge in [-0.3, -0.25) is 4.79 Å². The smallest absolute Gasteiger partial charge is 0.225 e. The van der Waals surface area contributed by atoms with Crippen molar-refractivity contribution in [3.8, 4) is 0 Å². The standard InChI is InChI=1S/C15H19NO/c1-16(15(17)12-9-10-12)14-8-4-6-11-5-2-3-7-13(11)14/h2-3,5,7,12,14H,4,6,8-10H2,1H3/t14-/m0/s1. The zero-order valence-corrected chi connectivity index (χ0v) is 10.4. The SMILES string of the molecule is CN(C(=O)C1CC1)[C@H]1CCCc2ccccc21. The first-order chi connectivity index (χ1) is 8.27. The van der Waals surface area contributed by atoms with Crippen LogP contribution in [0.3, 0.4) is 0 Å². The highest BCUT2D eigenvalue weighted by molar-refractivity contribution is 5.81. The highest BCUT2D eigenvalue weighted by Gasteiger charge is 2.35. The van der Waals surface area contributed by atoms with Crippen molar-refractivity contribution in [1.82, 2.24) is 4.90 Å². The fraction of sp³-hybridized carbons (Fsp3) is 0.533. The molecular weight excluding hydrogens is 210 g/mol. The van der Waals surface area contributed by atoms with E-state index in [0.29, 0.717) is 17.9 Å². The minimum Gasteiger partial charge on any atom is -0.338 e. The topological polar surface area (TPSA) is 20.3 Å². The Morgan fingerprint density at radius 2 is 2.00 bits per heavy atom. The third kappa shape index (κ3) is 1.97. The zero-order chi connectivity index (χ0) is 11.8. The molecule has 1 saturated carbocycles. The van der Waals surface area contributed by atoms with Gasteiger partial charge in [0.15, 0.2) is 0 Å². The normalized spacial score (nSPS) is 23.0. The maximum Gasteiger partial charge on any atom is 0.225 e. The Labute approximate surface area is 103 Å². The van der Waals surface area contributed by atoms with E-state index in [2.05, 4.69) is 24.3 Å². The molecule has 2 aliphatic rings. The molecule has 3 rings (SSSR count). The maximum atomic E-state index is 12.1. The van der Waals surface area contributed by atoms with E-state index in [1.165, 1.54) is 17.5 Å². The van der Waals surface area contributed by atoms with Gasteiger partial charge in [-0.1, -0.05) is 24.3 Å². The Morgan fingerprint density at radius 3 is 2.76 bits per heavy atom. The number of rotatable bonds is 2. The number of aryl methyl sites for hydroxylation is 1. The van der Waals surface area contributed by atoms with Crippen LogP contribution in [0.1, 0.15) is 42.9 Å². The van der Waals surface area contributed by atoms with Crippen molar-refractivity contribution in [2.24, 2.45) is 5.92 Å². The summed E-state index contributed by atoms with van der Waals surface area (Å²) in [7, 11) is 1.98. The van der Waals surface area contributed by atoms with E-state index in [9.17, 15) is 4.79 Å². The largest absolute Gasteiger partial charge is 0.338 e. The van der Waals surface area contributed by atoms with Crippen LogP contribution < -0.4 is 0 Å². The molecule has 2 heteroatoms. The lowest BCUT2D eigenvalue weighted by molar-refractivity contribution is -0.133. The maximum absolute atomic E-state index is 12.1. The Balaban J connectivity index is 1.86. The van der Waals surface area contributed by atoms with Crippen LogP contribution in [-0.2, 0) is 11.2 Å². The summed E-state index contributed by atoms with van der Waals surface area (Å²) >= 11 is 0. The van der Waals surface area contributed by atoms with Crippen LogP contribution in [0.25, 0.3) is 0 Å². The van der Waals surface area contributed by atoms with Gasteiger partial charge in [-0.05, 0) is 43.2 Å². The molecule has 0 saturated heterocycles. The minimum atomic E-state index is 0.313. The van der Waals surface area contributed by atoms with E-state index < -0.39 is 0 Å². The Bertz CT molecular complexity index is 436. The highest BCUT2D eigenvalue weighted by atomic mass is 16.2. The number of fused-ring (bicyclic) bond motifs is 1. The molecule has 1 amide bonds. The van der Waals surface area contributed by atoms with Gasteiger partial charge in [-0.25, -0.2) is 0 Å². The number of carbonyl (C=O) groups excluding carboxylic acids is 1. The number of hydrogen-bond acceptors (Lipinski definition) is 1. The number of carbonyl (C=O) groups is 1. The fourth-order valence-electron chi connectivity index (χ4n) is 2.90. The number of nitrogens with zero attached hydrogens (tertiary/aromatic N) is 1. The molecule has 1 atom stereocenters. The van der Waals surface area contributed by atoms with Gasteiger partial charge in [0.1, 0.15) is 0 Å². The molecule has 0 aromatic heterocycles. The van der Waals surface area contributed by atoms with Crippen LogP contribution >= 0.6 is 0 Å². The van der Waals surface area contributed by atoms with Crippen molar-refractivity contribution < 1.29 is 4.79 Å². The number of hydrogen-bond donors (Lipinski definition) is 0. The van der Waals surface area contributed by atoms with Gasteiger partial charge in [-0.15, -0.1) is 0 Å². The summed E-state index contributed by atoms with van der Waals surface area (Å²) in [5.41, 5.74) is 2.80. The van der Waals surface area contributed by atoms with Gasteiger partial charge in [0.2, 0.25) is 5.91 Å². The van der Waals surface area contributed by atoms with Crippen molar-refractivity contribution in [3.05, 3.63) is 35.4 Å². The summed E-state index contributed by atoms with van der Waals surface area (Å²) < 4.78 is 0. The quantitative estimate of drug-likeness (QED) is 0.763. The van der Waals surface area contributed by atoms with Crippen LogP contribution in [0.15, 0.2) is 24.3 Å². The second-order valence-electron chi connectivity index (χ2n) is 5.33. The van der Waals surface area contributed by atoms with Gasteiger partial charge in [0, 0.05) is 13.0 Å². The second-order valence-corrected chi connectivity index (χ2v) is 5.33. The average Bonchev–Trinajstić information content (AvgIpc) is 3.20. The molecule has 0 N–H and O–H groups in total. The summed E-state index contributed by atoms with van der Waals surface area (Å²) in [4.78, 5) is 14.1. The molecule has 2 aliphatic carbocycles. The lowest BCUT2D eigenvalue weighted by Gasteiger charge is -2.33. The molecule has 0 unspecified atom stereocenters. The Hall–Kier alpha value is -1.31. The lowest BCUT2D eigenvalue weighted by atomic mass is 9.87. The van der Waals surface area contributed by atoms with Gasteiger partial charge in [-0.2, -0.15) is 0 Å². The summed E-state index contributed by atoms with van der Waals surface area (Å²) in [5.74, 6) is 0.681. The Kier molecular flexibility index (Phi) is 2.65. The summed E-state index contributed by atoms with van der Waals surface area (Å²) in [5, 5.41) is 0. The van der Waals surface area contributed by atoms with Crippen LogP contribution in [0.5, 0.6) is 0 Å². The van der Waals surface area contributed by atoms with Gasteiger partial charge in [0.05, 0.1) is 6.04 Å². The molecule has 0 bridgehead atoms. The molecule has 0 radical (unpaired) electrons. The van der Waals surface area contributed by atoms with Crippen LogP contribution in [0.4, 0.5) is 0 Å². The molecule has 17 heavy (non-hydrogen) atoms. The first-order valence-electron chi connectivity index (χ1n) is 6.62. The predicted octanol–water partition coefficient (Wildman–Crippen LogP) is 2.93. The molecular formula is C15H19NO. The average molecular weight is 229 g/mol. The molecule has 1 aromatic rings. The zero-order valence-electron chi connectivity index (χ0n) is 10.4. The van der Waals surface area contributed by atoms with Crippen molar-refractivity contribution in [2.75, 3.05) is 7.05 Å². The molecule has 0 aliphatic heterocycles. The van der Waals surface area contributed by atoms with Crippen molar-refractivity contribution >= 4 is 5.91 Å². The van der Waals surface area contributed by atoms with E-state index in [1.54, 1.807) is 0 Å². The summed E-state index contributed by atoms with van der Waals surface area (Å²) in [6.45, 7) is 0. The third-order valence-corrected chi connectivity index (χ3v) is 4.08. The van der Waals surface area contributed by atoms with Gasteiger partial charge in [0.25, 0.3) is 0 Å². The van der Waals surface area contributed by atoms with Gasteiger partial charge < -0.3 is 4.90 Å². The molecule has 1 fully saturated rings. The molecule has 0 heterocycles. The number of benzene rings is 1. The first-order valence-corrected chi connectivity index (χ1v) is 6.62. The van der Waals surface area contributed by atoms with Gasteiger partial charge >= 0.3 is 0 Å². The van der Waals surface area contributed by atoms with Crippen molar-refractivity contribution in [1.29, 1.82) is 0 Å². The summed E-state index contributed by atoms with van der Waals surface area (Å²) in [6, 6.07) is 8.90. The van der Waals surface area contributed by atoms with Crippen LogP contribution in [0.2, 0.25) is 0 Å². The van der Waals surface area contributed by atoms with Crippen molar-refractivity contribution in [2.45, 2.75) is 38.1 Å². The monoisotopic (exact) mass is 229 g/mol. The molecule has 90 valence electrons. The lowest BCUT2D eigenvalue weighted by Crippen LogP contribution is -2.34. The number of amides is 1. The first kappa shape index (κ1) is 10.8. The molecule has 2 nitrogen and oxygen atoms in total. The van der Waals surface area contributed by atoms with Crippen LogP contribution in [0, 0.1) is 5.92 Å². The summed E-state index contributed by atoms with van der Waals surface area (Å²) in [6.07, 6.45) is 5.67. The second kappa shape index (κ2) is 4.17. The van der Waals surface area contributed by atoms with E-state index in [4.69, 9.17) is 0 Å². The third-order valence-electron chi connectivity index (χ3n) is 4.08.